The van der Waals surface area contributed by atoms with E-state index in [0.29, 0.717) is 6.07 Å². The molecular weight excluding hydrogens is 274 g/mol. The first-order valence-corrected chi connectivity index (χ1v) is 4.53. The zero-order chi connectivity index (χ0) is 13.4. The highest BCUT2D eigenvalue weighted by Gasteiger charge is 2.45. The number of rotatable bonds is 1. The molecule has 96 valence electrons. The molecule has 0 atom stereocenters. The predicted molar refractivity (Wildman–Crippen MR) is 47.4 cm³/mol. The van der Waals surface area contributed by atoms with Crippen LogP contribution in [0.2, 0.25) is 5.02 Å². The number of halogens is 7. The van der Waals surface area contributed by atoms with Crippen LogP contribution in [-0.2, 0) is 19.0 Å². The maximum Gasteiger partial charge on any atom is 0.417 e. The molecule has 1 N–H and O–H groups in total. The van der Waals surface area contributed by atoms with Crippen LogP contribution in [0.15, 0.2) is 12.1 Å². The fraction of sp³-hybridized carbons (Fsp3) is 0.333. The molecule has 1 nitrogen and oxygen atoms in total. The summed E-state index contributed by atoms with van der Waals surface area (Å²) in [5.41, 5.74) is -4.78. The molecule has 1 aromatic carbocycles. The lowest BCUT2D eigenvalue weighted by Gasteiger charge is -2.19. The van der Waals surface area contributed by atoms with E-state index in [0.717, 1.165) is 0 Å². The molecule has 0 saturated heterocycles. The summed E-state index contributed by atoms with van der Waals surface area (Å²) in [4.78, 5) is 0. The SMILES string of the molecule is OCc1c(Cl)ccc(C(F)(F)F)c1C(F)(F)F. The molecule has 1 rings (SSSR count). The molecule has 0 spiro atoms. The topological polar surface area (TPSA) is 20.2 Å². The molecule has 0 aliphatic rings. The Bertz CT molecular complexity index is 423. The van der Waals surface area contributed by atoms with Crippen LogP contribution < -0.4 is 0 Å². The molecule has 0 fully saturated rings. The van der Waals surface area contributed by atoms with Gasteiger partial charge in [0.05, 0.1) is 17.7 Å². The average molecular weight is 279 g/mol. The molecule has 0 radical (unpaired) electrons. The number of alkyl halides is 6. The van der Waals surface area contributed by atoms with Gasteiger partial charge in [-0.1, -0.05) is 11.6 Å². The lowest BCUT2D eigenvalue weighted by Crippen LogP contribution is -2.19. The Labute approximate surface area is 96.6 Å². The fourth-order valence-corrected chi connectivity index (χ4v) is 1.55. The molecule has 0 aromatic heterocycles. The third-order valence-electron chi connectivity index (χ3n) is 2.00. The van der Waals surface area contributed by atoms with Gasteiger partial charge in [0.2, 0.25) is 0 Å². The quantitative estimate of drug-likeness (QED) is 0.773. The molecule has 1 aromatic rings. The molecular formula is C9H5ClF6O. The van der Waals surface area contributed by atoms with Gasteiger partial charge in [0.1, 0.15) is 0 Å². The van der Waals surface area contributed by atoms with Gasteiger partial charge in [-0.3, -0.25) is 0 Å². The van der Waals surface area contributed by atoms with E-state index in [1.807, 2.05) is 0 Å². The highest BCUT2D eigenvalue weighted by molar-refractivity contribution is 6.31. The van der Waals surface area contributed by atoms with Crippen molar-refractivity contribution in [2.75, 3.05) is 0 Å². The van der Waals surface area contributed by atoms with Gasteiger partial charge >= 0.3 is 12.4 Å². The van der Waals surface area contributed by atoms with E-state index in [9.17, 15) is 26.3 Å². The standard InChI is InChI=1S/C9H5ClF6O/c10-6-2-1-5(8(11,12)13)7(4(6)3-17)9(14,15)16/h1-2,17H,3H2. The second kappa shape index (κ2) is 4.38. The third kappa shape index (κ3) is 2.84. The first-order valence-electron chi connectivity index (χ1n) is 4.15. The fourth-order valence-electron chi connectivity index (χ4n) is 1.34. The van der Waals surface area contributed by atoms with Crippen LogP contribution in [0.4, 0.5) is 26.3 Å². The maximum atomic E-state index is 12.5. The van der Waals surface area contributed by atoms with E-state index in [-0.39, 0.29) is 6.07 Å². The largest absolute Gasteiger partial charge is 0.417 e. The van der Waals surface area contributed by atoms with Gasteiger partial charge in [-0.15, -0.1) is 0 Å². The van der Waals surface area contributed by atoms with Crippen LogP contribution in [0, 0.1) is 0 Å². The van der Waals surface area contributed by atoms with Crippen molar-refractivity contribution in [2.45, 2.75) is 19.0 Å². The van der Waals surface area contributed by atoms with Gasteiger partial charge in [0.25, 0.3) is 0 Å². The van der Waals surface area contributed by atoms with Gasteiger partial charge in [0, 0.05) is 10.6 Å². The summed E-state index contributed by atoms with van der Waals surface area (Å²) in [6.07, 6.45) is -10.4. The number of aliphatic hydroxyl groups excluding tert-OH is 1. The van der Waals surface area contributed by atoms with Crippen LogP contribution in [0.5, 0.6) is 0 Å². The van der Waals surface area contributed by atoms with Crippen LogP contribution in [0.25, 0.3) is 0 Å². The zero-order valence-electron chi connectivity index (χ0n) is 7.95. The average Bonchev–Trinajstić information content (AvgIpc) is 2.13. The zero-order valence-corrected chi connectivity index (χ0v) is 8.71. The van der Waals surface area contributed by atoms with E-state index >= 15 is 0 Å². The number of hydrogen-bond acceptors (Lipinski definition) is 1. The van der Waals surface area contributed by atoms with E-state index in [1.165, 1.54) is 0 Å². The summed E-state index contributed by atoms with van der Waals surface area (Å²) in [6.45, 7) is -1.22. The predicted octanol–water partition coefficient (Wildman–Crippen LogP) is 3.87. The third-order valence-corrected chi connectivity index (χ3v) is 2.36. The van der Waals surface area contributed by atoms with Gasteiger partial charge < -0.3 is 5.11 Å². The minimum atomic E-state index is -5.24. The monoisotopic (exact) mass is 278 g/mol. The molecule has 0 unspecified atom stereocenters. The molecule has 0 aliphatic carbocycles. The summed E-state index contributed by atoms with van der Waals surface area (Å²) >= 11 is 5.33. The molecule has 0 amide bonds. The van der Waals surface area contributed by atoms with Crippen LogP contribution >= 0.6 is 11.6 Å². The van der Waals surface area contributed by atoms with Gasteiger partial charge in [-0.2, -0.15) is 26.3 Å². The first kappa shape index (κ1) is 14.1. The molecule has 8 heteroatoms. The normalized spacial score (nSPS) is 12.9. The summed E-state index contributed by atoms with van der Waals surface area (Å²) in [6, 6.07) is 0.912. The minimum absolute atomic E-state index is 0.240. The van der Waals surface area contributed by atoms with Crippen molar-refractivity contribution in [3.05, 3.63) is 33.8 Å². The summed E-state index contributed by atoms with van der Waals surface area (Å²) in [5.74, 6) is 0. The molecule has 17 heavy (non-hydrogen) atoms. The summed E-state index contributed by atoms with van der Waals surface area (Å²) in [7, 11) is 0. The minimum Gasteiger partial charge on any atom is -0.392 e. The second-order valence-corrected chi connectivity index (χ2v) is 3.51. The lowest BCUT2D eigenvalue weighted by molar-refractivity contribution is -0.162. The molecule has 0 aliphatic heterocycles. The first-order chi connectivity index (χ1) is 7.59. The van der Waals surface area contributed by atoms with E-state index in [1.54, 1.807) is 0 Å². The highest BCUT2D eigenvalue weighted by Crippen LogP contribution is 2.43. The van der Waals surface area contributed by atoms with Crippen molar-refractivity contribution in [3.8, 4) is 0 Å². The lowest BCUT2D eigenvalue weighted by atomic mass is 10.0. The number of benzene rings is 1. The number of aliphatic hydroxyl groups is 1. The van der Waals surface area contributed by atoms with Crippen molar-refractivity contribution >= 4 is 11.6 Å². The van der Waals surface area contributed by atoms with Crippen molar-refractivity contribution in [3.63, 3.8) is 0 Å². The Morgan fingerprint density at radius 2 is 1.53 bits per heavy atom. The van der Waals surface area contributed by atoms with Crippen molar-refractivity contribution in [2.24, 2.45) is 0 Å². The van der Waals surface area contributed by atoms with Crippen molar-refractivity contribution in [1.82, 2.24) is 0 Å². The second-order valence-electron chi connectivity index (χ2n) is 3.10. The Balaban J connectivity index is 3.64. The van der Waals surface area contributed by atoms with E-state index in [2.05, 4.69) is 0 Å². The van der Waals surface area contributed by atoms with Crippen molar-refractivity contribution in [1.29, 1.82) is 0 Å². The highest BCUT2D eigenvalue weighted by atomic mass is 35.5. The van der Waals surface area contributed by atoms with Crippen molar-refractivity contribution < 1.29 is 31.4 Å². The Morgan fingerprint density at radius 1 is 1.00 bits per heavy atom. The summed E-state index contributed by atoms with van der Waals surface area (Å²) in [5, 5.41) is 8.14. The maximum absolute atomic E-state index is 12.5. The Morgan fingerprint density at radius 3 is 1.88 bits per heavy atom. The van der Waals surface area contributed by atoms with Crippen LogP contribution in [0.3, 0.4) is 0 Å². The molecule has 0 saturated carbocycles. The molecule has 0 heterocycles. The summed E-state index contributed by atoms with van der Waals surface area (Å²) < 4.78 is 74.8. The van der Waals surface area contributed by atoms with Gasteiger partial charge in [-0.25, -0.2) is 0 Å². The van der Waals surface area contributed by atoms with Gasteiger partial charge in [0.15, 0.2) is 0 Å². The van der Waals surface area contributed by atoms with E-state index < -0.39 is 40.7 Å². The van der Waals surface area contributed by atoms with Crippen LogP contribution in [-0.4, -0.2) is 5.11 Å². The van der Waals surface area contributed by atoms with Gasteiger partial charge in [-0.05, 0) is 12.1 Å². The smallest absolute Gasteiger partial charge is 0.392 e. The molecule has 0 bridgehead atoms. The van der Waals surface area contributed by atoms with E-state index in [4.69, 9.17) is 16.7 Å². The Hall–Kier alpha value is -0.950. The Kier molecular flexibility index (Phi) is 3.63. The number of hydrogen-bond donors (Lipinski definition) is 1. The van der Waals surface area contributed by atoms with Crippen LogP contribution in [0.1, 0.15) is 16.7 Å².